The predicted octanol–water partition coefficient (Wildman–Crippen LogP) is 1.17. The summed E-state index contributed by atoms with van der Waals surface area (Å²) in [4.78, 5) is 28.7. The molecule has 0 bridgehead atoms. The molecule has 3 heterocycles. The number of nitrogens with one attached hydrogen (secondary N) is 2. The molecule has 1 aromatic heterocycles. The largest absolute Gasteiger partial charge is 0.491 e. The number of carboxylic acid groups (broad SMARTS) is 1. The molecule has 0 aliphatic carbocycles. The molecule has 2 saturated heterocycles. The van der Waals surface area contributed by atoms with Gasteiger partial charge in [0.2, 0.25) is 25.5 Å². The van der Waals surface area contributed by atoms with Crippen molar-refractivity contribution in [1.29, 1.82) is 0 Å². The van der Waals surface area contributed by atoms with E-state index in [4.69, 9.17) is 9.47 Å². The number of fused-ring (bicyclic) bond motifs is 1. The lowest BCUT2D eigenvalue weighted by atomic mass is 9.88. The van der Waals surface area contributed by atoms with Gasteiger partial charge in [0.05, 0.1) is 29.7 Å². The van der Waals surface area contributed by atoms with Gasteiger partial charge in [0.1, 0.15) is 23.4 Å². The first-order chi connectivity index (χ1) is 20.8. The molecule has 2 aliphatic heterocycles. The second kappa shape index (κ2) is 12.5. The molecule has 1 spiro atoms. The SMILES string of the molecule is CNS(=O)(=O)c1cccc(OCC(O)CN(C(=O)O)C2COC3(CCN(S(=O)(=O)c4c[nH]c5ccccc5c4=O)CC3)C2)c1. The van der Waals surface area contributed by atoms with E-state index in [0.29, 0.717) is 24.8 Å². The van der Waals surface area contributed by atoms with E-state index in [2.05, 4.69) is 9.71 Å². The number of hydrogen-bond donors (Lipinski definition) is 4. The molecule has 2 aliphatic rings. The van der Waals surface area contributed by atoms with Gasteiger partial charge in [0, 0.05) is 36.3 Å². The van der Waals surface area contributed by atoms with Crippen molar-refractivity contribution in [3.8, 4) is 5.75 Å². The van der Waals surface area contributed by atoms with Gasteiger partial charge in [-0.15, -0.1) is 0 Å². The zero-order chi connectivity index (χ0) is 31.7. The monoisotopic (exact) mass is 650 g/mol. The number of aliphatic hydroxyl groups is 1. The average Bonchev–Trinajstić information content (AvgIpc) is 3.41. The number of benzene rings is 2. The van der Waals surface area contributed by atoms with E-state index < -0.39 is 49.3 Å². The van der Waals surface area contributed by atoms with Crippen LogP contribution in [0.5, 0.6) is 5.75 Å². The maximum absolute atomic E-state index is 13.4. The Bertz CT molecular complexity index is 1800. The Morgan fingerprint density at radius 2 is 1.91 bits per heavy atom. The summed E-state index contributed by atoms with van der Waals surface area (Å²) in [6.07, 6.45) is -0.348. The van der Waals surface area contributed by atoms with Gasteiger partial charge in [-0.1, -0.05) is 18.2 Å². The molecule has 0 saturated carbocycles. The number of ether oxygens (including phenoxy) is 2. The minimum absolute atomic E-state index is 0.0181. The standard InChI is InChI=1S/C28H34N4O10S2/c1-29-43(37,38)22-6-4-5-21(13-22)41-18-20(33)16-32(27(35)36)19-14-28(42-17-19)9-11-31(12-10-28)44(39,40)25-15-30-24-8-3-2-7-23(24)26(25)34/h2-8,13,15,19-20,29,33H,9-12,14,16-18H2,1H3,(H,30,34)(H,35,36). The van der Waals surface area contributed by atoms with E-state index in [0.717, 1.165) is 4.90 Å². The van der Waals surface area contributed by atoms with Crippen LogP contribution in [-0.2, 0) is 24.8 Å². The number of piperidine rings is 1. The van der Waals surface area contributed by atoms with Crippen molar-refractivity contribution < 1.29 is 41.3 Å². The van der Waals surface area contributed by atoms with Gasteiger partial charge in [0.25, 0.3) is 0 Å². The fourth-order valence-corrected chi connectivity index (χ4v) is 7.95. The number of carbonyl (C=O) groups is 1. The van der Waals surface area contributed by atoms with Crippen molar-refractivity contribution in [3.63, 3.8) is 0 Å². The normalized spacial score (nSPS) is 19.6. The molecule has 2 aromatic carbocycles. The second-order valence-electron chi connectivity index (χ2n) is 10.9. The zero-order valence-corrected chi connectivity index (χ0v) is 25.5. The van der Waals surface area contributed by atoms with Gasteiger partial charge in [-0.25, -0.2) is 26.4 Å². The minimum atomic E-state index is -4.09. The molecule has 14 nitrogen and oxygen atoms in total. The highest BCUT2D eigenvalue weighted by Gasteiger charge is 2.47. The molecule has 16 heteroatoms. The second-order valence-corrected chi connectivity index (χ2v) is 14.7. The third-order valence-corrected chi connectivity index (χ3v) is 11.4. The van der Waals surface area contributed by atoms with Crippen molar-refractivity contribution in [1.82, 2.24) is 18.9 Å². The van der Waals surface area contributed by atoms with E-state index in [1.165, 1.54) is 41.8 Å². The summed E-state index contributed by atoms with van der Waals surface area (Å²) in [6.45, 7) is -0.313. The third-order valence-electron chi connectivity index (χ3n) is 8.12. The van der Waals surface area contributed by atoms with E-state index in [9.17, 15) is 36.6 Å². The molecule has 2 fully saturated rings. The van der Waals surface area contributed by atoms with Gasteiger partial charge in [-0.2, -0.15) is 4.31 Å². The number of aromatic amines is 1. The molecule has 2 unspecified atom stereocenters. The Labute approximate surface area is 254 Å². The van der Waals surface area contributed by atoms with Crippen LogP contribution in [0.3, 0.4) is 0 Å². The number of hydrogen-bond acceptors (Lipinski definition) is 9. The van der Waals surface area contributed by atoms with Crippen molar-refractivity contribution in [3.05, 3.63) is 65.0 Å². The van der Waals surface area contributed by atoms with E-state index in [1.54, 1.807) is 24.3 Å². The first kappa shape index (κ1) is 31.9. The first-order valence-corrected chi connectivity index (χ1v) is 16.9. The van der Waals surface area contributed by atoms with E-state index in [-0.39, 0.29) is 53.8 Å². The Balaban J connectivity index is 1.19. The lowest BCUT2D eigenvalue weighted by molar-refractivity contribution is -0.0319. The van der Waals surface area contributed by atoms with Gasteiger partial charge in [0.15, 0.2) is 0 Å². The smallest absolute Gasteiger partial charge is 0.407 e. The maximum atomic E-state index is 13.4. The third kappa shape index (κ3) is 6.45. The first-order valence-electron chi connectivity index (χ1n) is 13.9. The molecule has 4 N–H and O–H groups in total. The lowest BCUT2D eigenvalue weighted by Crippen LogP contribution is -2.49. The number of pyridine rings is 1. The van der Waals surface area contributed by atoms with Gasteiger partial charge in [-0.3, -0.25) is 4.79 Å². The molecule has 238 valence electrons. The molecule has 0 radical (unpaired) electrons. The quantitative estimate of drug-likeness (QED) is 0.247. The van der Waals surface area contributed by atoms with Crippen molar-refractivity contribution >= 4 is 37.0 Å². The number of nitrogens with zero attached hydrogens (tertiary/aromatic N) is 2. The topological polar surface area (TPSA) is 196 Å². The van der Waals surface area contributed by atoms with E-state index >= 15 is 0 Å². The number of para-hydroxylation sites is 1. The maximum Gasteiger partial charge on any atom is 0.407 e. The van der Waals surface area contributed by atoms with Gasteiger partial charge < -0.3 is 29.6 Å². The molecule has 3 aromatic rings. The fraction of sp³-hybridized carbons (Fsp3) is 0.429. The number of amides is 1. The average molecular weight is 651 g/mol. The van der Waals surface area contributed by atoms with Gasteiger partial charge in [-0.05, 0) is 50.6 Å². The zero-order valence-electron chi connectivity index (χ0n) is 23.9. The van der Waals surface area contributed by atoms with Crippen LogP contribution in [0.15, 0.2) is 69.3 Å². The summed E-state index contributed by atoms with van der Waals surface area (Å²) < 4.78 is 65.9. The fourth-order valence-electron chi connectivity index (χ4n) is 5.69. The molecular weight excluding hydrogens is 616 g/mol. The van der Waals surface area contributed by atoms with Crippen LogP contribution >= 0.6 is 0 Å². The molecule has 5 rings (SSSR count). The predicted molar refractivity (Wildman–Crippen MR) is 159 cm³/mol. The van der Waals surface area contributed by atoms with Crippen molar-refractivity contribution in [2.24, 2.45) is 0 Å². The molecular formula is C28H34N4O10S2. The minimum Gasteiger partial charge on any atom is -0.491 e. The van der Waals surface area contributed by atoms with Crippen LogP contribution in [0.2, 0.25) is 0 Å². The summed E-state index contributed by atoms with van der Waals surface area (Å²) in [7, 11) is -6.50. The molecule has 2 atom stereocenters. The lowest BCUT2D eigenvalue weighted by Gasteiger charge is -2.38. The van der Waals surface area contributed by atoms with Crippen LogP contribution in [-0.4, -0.2) is 105 Å². The summed E-state index contributed by atoms with van der Waals surface area (Å²) >= 11 is 0. The van der Waals surface area contributed by atoms with Crippen LogP contribution in [0.1, 0.15) is 19.3 Å². The number of H-pyrrole nitrogens is 1. The van der Waals surface area contributed by atoms with Crippen LogP contribution in [0.4, 0.5) is 4.79 Å². The molecule has 1 amide bonds. The highest BCUT2D eigenvalue weighted by atomic mass is 32.2. The summed E-state index contributed by atoms with van der Waals surface area (Å²) in [5, 5.41) is 20.8. The Hall–Kier alpha value is -3.54. The van der Waals surface area contributed by atoms with E-state index in [1.807, 2.05) is 0 Å². The highest BCUT2D eigenvalue weighted by molar-refractivity contribution is 7.89. The summed E-state index contributed by atoms with van der Waals surface area (Å²) in [5.41, 5.74) is -0.790. The number of rotatable bonds is 10. The number of aromatic nitrogens is 1. The van der Waals surface area contributed by atoms with Crippen LogP contribution in [0, 0.1) is 0 Å². The molecule has 44 heavy (non-hydrogen) atoms. The summed E-state index contributed by atoms with van der Waals surface area (Å²) in [6, 6.07) is 11.8. The number of sulfonamides is 2. The Kier molecular flexibility index (Phi) is 9.02. The van der Waals surface area contributed by atoms with Crippen LogP contribution in [0.25, 0.3) is 10.9 Å². The summed E-state index contributed by atoms with van der Waals surface area (Å²) in [5.74, 6) is 0.192. The van der Waals surface area contributed by atoms with Crippen molar-refractivity contribution in [2.45, 2.75) is 46.8 Å². The van der Waals surface area contributed by atoms with Crippen LogP contribution < -0.4 is 14.9 Å². The number of aliphatic hydroxyl groups excluding tert-OH is 1. The van der Waals surface area contributed by atoms with Crippen molar-refractivity contribution in [2.75, 3.05) is 39.9 Å². The Morgan fingerprint density at radius 1 is 1.18 bits per heavy atom. The highest BCUT2D eigenvalue weighted by Crippen LogP contribution is 2.39. The van der Waals surface area contributed by atoms with Gasteiger partial charge >= 0.3 is 6.09 Å². The Morgan fingerprint density at radius 3 is 2.61 bits per heavy atom.